The minimum Gasteiger partial charge on any atom is -0.387 e. The largest absolute Gasteiger partial charge is 0.387 e. The predicted octanol–water partition coefficient (Wildman–Crippen LogP) is 5.26. The Morgan fingerprint density at radius 3 is 1.08 bits per heavy atom. The number of hydrogen-bond donors (Lipinski definition) is 2. The van der Waals surface area contributed by atoms with Crippen LogP contribution in [0.15, 0.2) is 97.1 Å². The lowest BCUT2D eigenvalue weighted by Crippen LogP contribution is -2.48. The Balaban J connectivity index is 0.000000224. The van der Waals surface area contributed by atoms with Crippen LogP contribution in [-0.2, 0) is 6.42 Å². The molecule has 4 aromatic rings. The first kappa shape index (κ1) is 44.3. The van der Waals surface area contributed by atoms with Gasteiger partial charge in [0.1, 0.15) is 6.17 Å². The number of nitro benzene ring substituents is 4. The highest BCUT2D eigenvalue weighted by atomic mass is 19.1. The number of β-amino-alcohol motifs (C(OH)–C–C–N with tert-alkyl or cyclic N) is 2. The van der Waals surface area contributed by atoms with E-state index in [0.29, 0.717) is 29.8 Å². The number of hydrogen-bond acceptors (Lipinski definition) is 14. The molecule has 0 radical (unpaired) electrons. The Morgan fingerprint density at radius 1 is 0.458 bits per heavy atom. The molecule has 2 N–H and O–H groups in total. The highest BCUT2D eigenvalue weighted by molar-refractivity contribution is 5.36. The molecule has 4 aromatic carbocycles. The number of nitrogens with zero attached hydrogens (tertiary/aromatic N) is 8. The molecule has 0 amide bonds. The van der Waals surface area contributed by atoms with E-state index in [1.54, 1.807) is 36.4 Å². The first-order valence-electron chi connectivity index (χ1n) is 19.1. The lowest BCUT2D eigenvalue weighted by Gasteiger charge is -2.36. The minimum atomic E-state index is -1.18. The van der Waals surface area contributed by atoms with Crippen LogP contribution in [0.2, 0.25) is 0 Å². The maximum Gasteiger partial charge on any atom is 0.269 e. The van der Waals surface area contributed by atoms with Crippen LogP contribution < -0.4 is 0 Å². The monoisotopic (exact) mass is 818 g/mol. The first-order chi connectivity index (χ1) is 28.2. The summed E-state index contributed by atoms with van der Waals surface area (Å²) in [6.45, 7) is 8.04. The van der Waals surface area contributed by atoms with Crippen LogP contribution in [0.25, 0.3) is 0 Å². The smallest absolute Gasteiger partial charge is 0.269 e. The maximum absolute atomic E-state index is 14.5. The third kappa shape index (κ3) is 13.4. The van der Waals surface area contributed by atoms with Crippen molar-refractivity contribution >= 4 is 22.7 Å². The van der Waals surface area contributed by atoms with Crippen molar-refractivity contribution in [2.45, 2.75) is 24.8 Å². The highest BCUT2D eigenvalue weighted by Crippen LogP contribution is 2.24. The van der Waals surface area contributed by atoms with E-state index in [1.807, 2.05) is 0 Å². The normalized spacial score (nSPS) is 16.9. The van der Waals surface area contributed by atoms with Crippen molar-refractivity contribution in [3.63, 3.8) is 0 Å². The molecule has 3 atom stereocenters. The maximum atomic E-state index is 14.5. The average molecular weight is 819 g/mol. The summed E-state index contributed by atoms with van der Waals surface area (Å²) >= 11 is 0. The van der Waals surface area contributed by atoms with Gasteiger partial charge in [0.2, 0.25) is 0 Å². The molecule has 2 fully saturated rings. The van der Waals surface area contributed by atoms with Crippen LogP contribution in [0.1, 0.15) is 40.6 Å². The molecule has 0 aliphatic carbocycles. The van der Waals surface area contributed by atoms with Gasteiger partial charge in [0.05, 0.1) is 31.9 Å². The lowest BCUT2D eigenvalue weighted by molar-refractivity contribution is -0.385. The van der Waals surface area contributed by atoms with E-state index in [-0.39, 0.29) is 29.3 Å². The van der Waals surface area contributed by atoms with E-state index in [2.05, 4.69) is 19.6 Å². The molecule has 2 heterocycles. The van der Waals surface area contributed by atoms with Crippen LogP contribution in [0.3, 0.4) is 0 Å². The Morgan fingerprint density at radius 2 is 0.746 bits per heavy atom. The Labute approximate surface area is 339 Å². The summed E-state index contributed by atoms with van der Waals surface area (Å²) < 4.78 is 14.5. The van der Waals surface area contributed by atoms with Crippen LogP contribution in [0.4, 0.5) is 27.1 Å². The van der Waals surface area contributed by atoms with Crippen molar-refractivity contribution in [2.24, 2.45) is 0 Å². The number of halogens is 1. The third-order valence-electron chi connectivity index (χ3n) is 10.5. The average Bonchev–Trinajstić information content (AvgIpc) is 3.24. The fourth-order valence-corrected chi connectivity index (χ4v) is 6.89. The fourth-order valence-electron chi connectivity index (χ4n) is 6.89. The summed E-state index contributed by atoms with van der Waals surface area (Å²) in [6.07, 6.45) is -1.83. The zero-order chi connectivity index (χ0) is 42.5. The zero-order valence-corrected chi connectivity index (χ0v) is 32.3. The summed E-state index contributed by atoms with van der Waals surface area (Å²) in [6, 6.07) is 24.0. The number of benzene rings is 4. The van der Waals surface area contributed by atoms with Crippen molar-refractivity contribution in [2.75, 3.05) is 78.5 Å². The van der Waals surface area contributed by atoms with Gasteiger partial charge in [-0.2, -0.15) is 0 Å². The van der Waals surface area contributed by atoms with Gasteiger partial charge < -0.3 is 15.1 Å². The van der Waals surface area contributed by atoms with Crippen LogP contribution in [-0.4, -0.2) is 128 Å². The molecule has 314 valence electrons. The third-order valence-corrected chi connectivity index (χ3v) is 10.5. The van der Waals surface area contributed by atoms with E-state index in [9.17, 15) is 55.1 Å². The van der Waals surface area contributed by atoms with E-state index in [1.165, 1.54) is 60.7 Å². The molecule has 0 spiro atoms. The van der Waals surface area contributed by atoms with Gasteiger partial charge in [-0.05, 0) is 65.1 Å². The topological polar surface area (TPSA) is 226 Å². The summed E-state index contributed by atoms with van der Waals surface area (Å²) in [4.78, 5) is 49.6. The molecule has 0 saturated carbocycles. The van der Waals surface area contributed by atoms with Gasteiger partial charge in [-0.3, -0.25) is 55.2 Å². The van der Waals surface area contributed by atoms with Gasteiger partial charge in [0, 0.05) is 127 Å². The molecular formula is C40H47FN8O10. The van der Waals surface area contributed by atoms with Crippen molar-refractivity contribution in [3.8, 4) is 0 Å². The van der Waals surface area contributed by atoms with Crippen LogP contribution in [0, 0.1) is 40.5 Å². The van der Waals surface area contributed by atoms with Gasteiger partial charge in [0.25, 0.3) is 22.7 Å². The van der Waals surface area contributed by atoms with Crippen LogP contribution in [0.5, 0.6) is 0 Å². The molecular weight excluding hydrogens is 771 g/mol. The van der Waals surface area contributed by atoms with Gasteiger partial charge in [-0.15, -0.1) is 0 Å². The highest BCUT2D eigenvalue weighted by Gasteiger charge is 2.24. The number of non-ortho nitro benzene ring substituents is 4. The summed E-state index contributed by atoms with van der Waals surface area (Å²) in [5, 5.41) is 63.7. The molecule has 0 bridgehead atoms. The number of piperazine rings is 2. The Bertz CT molecular complexity index is 1920. The van der Waals surface area contributed by atoms with Gasteiger partial charge in [-0.25, -0.2) is 4.39 Å². The zero-order valence-electron chi connectivity index (χ0n) is 32.3. The molecule has 2 aliphatic rings. The number of rotatable bonds is 16. The van der Waals surface area contributed by atoms with Crippen molar-refractivity contribution in [3.05, 3.63) is 160 Å². The predicted molar refractivity (Wildman–Crippen MR) is 216 cm³/mol. The molecule has 2 saturated heterocycles. The van der Waals surface area contributed by atoms with E-state index in [4.69, 9.17) is 0 Å². The number of alkyl halides is 1. The lowest BCUT2D eigenvalue weighted by atomic mass is 10.1. The molecule has 19 heteroatoms. The number of aliphatic hydroxyl groups is 2. The standard InChI is InChI=1S/C20H23FN4O4.C20H24N4O6/c21-20(17-3-7-19(8-4-17)25(28)29)15-23-13-11-22(12-14-23)10-9-16-1-5-18(6-2-16)24(26)27;25-19(15-1-5-17(6-2-15)23(27)28)13-21-9-11-22(12-10-21)14-20(26)16-3-7-18(8-4-16)24(29)30/h1-8,20H,9-15H2;1-8,19-20,25-26H,9-14H2. The molecule has 0 aromatic heterocycles. The second kappa shape index (κ2) is 21.3. The summed E-state index contributed by atoms with van der Waals surface area (Å²) in [5.74, 6) is 0. The van der Waals surface area contributed by atoms with Crippen molar-refractivity contribution < 1.29 is 34.3 Å². The second-order valence-electron chi connectivity index (χ2n) is 14.5. The van der Waals surface area contributed by atoms with Crippen molar-refractivity contribution in [1.29, 1.82) is 0 Å². The number of aliphatic hydroxyl groups excluding tert-OH is 2. The molecule has 18 nitrogen and oxygen atoms in total. The first-order valence-corrected chi connectivity index (χ1v) is 19.1. The van der Waals surface area contributed by atoms with E-state index < -0.39 is 38.1 Å². The van der Waals surface area contributed by atoms with Gasteiger partial charge >= 0.3 is 0 Å². The molecule has 59 heavy (non-hydrogen) atoms. The summed E-state index contributed by atoms with van der Waals surface area (Å²) in [5.41, 5.74) is 2.82. The minimum absolute atomic E-state index is 0.00820. The second-order valence-corrected chi connectivity index (χ2v) is 14.5. The molecule has 6 rings (SSSR count). The Hall–Kier alpha value is -5.83. The van der Waals surface area contributed by atoms with Gasteiger partial charge in [-0.1, -0.05) is 12.1 Å². The quantitative estimate of drug-likeness (QED) is 0.109. The van der Waals surface area contributed by atoms with Crippen molar-refractivity contribution in [1.82, 2.24) is 19.6 Å². The summed E-state index contributed by atoms with van der Waals surface area (Å²) in [7, 11) is 0. The van der Waals surface area contributed by atoms with Crippen LogP contribution >= 0.6 is 0 Å². The molecule has 3 unspecified atom stereocenters. The Kier molecular flexibility index (Phi) is 15.9. The number of nitro groups is 4. The van der Waals surface area contributed by atoms with Gasteiger partial charge in [0.15, 0.2) is 0 Å². The van der Waals surface area contributed by atoms with E-state index >= 15 is 0 Å². The SMILES string of the molecule is O=[N+]([O-])c1ccc(C(O)CN2CCN(CC(O)c3ccc([N+](=O)[O-])cc3)CC2)cc1.O=[N+]([O-])c1ccc(CCN2CCN(CC(F)c3ccc([N+](=O)[O-])cc3)CC2)cc1. The van der Waals surface area contributed by atoms with E-state index in [0.717, 1.165) is 70.9 Å². The fraction of sp³-hybridized carbons (Fsp3) is 0.400. The molecule has 2 aliphatic heterocycles.